The highest BCUT2D eigenvalue weighted by Crippen LogP contribution is 2.15. The van der Waals surface area contributed by atoms with Crippen LogP contribution in [0.5, 0.6) is 12.0 Å². The molecule has 0 saturated heterocycles. The molecular formula is C12H14ClN3O2S. The number of hydrogen-bond acceptors (Lipinski definition) is 6. The van der Waals surface area contributed by atoms with Crippen LogP contribution in [-0.4, -0.2) is 27.7 Å². The minimum atomic E-state index is -0.0302. The average molecular weight is 300 g/mol. The molecule has 0 aliphatic heterocycles. The minimum absolute atomic E-state index is 0.0302. The van der Waals surface area contributed by atoms with Gasteiger partial charge in [-0.25, -0.2) is 0 Å². The van der Waals surface area contributed by atoms with Crippen molar-refractivity contribution in [2.75, 3.05) is 6.61 Å². The maximum absolute atomic E-state index is 5.79. The Bertz CT molecular complexity index is 520. The van der Waals surface area contributed by atoms with Crippen molar-refractivity contribution >= 4 is 22.9 Å². The number of aromatic nitrogens is 3. The molecule has 0 amide bonds. The van der Waals surface area contributed by atoms with Gasteiger partial charge in [0.15, 0.2) is 0 Å². The lowest BCUT2D eigenvalue weighted by atomic mass is 10.4. The lowest BCUT2D eigenvalue weighted by molar-refractivity contribution is 0.213. The smallest absolute Gasteiger partial charge is 0.324 e. The first kappa shape index (κ1) is 14.0. The van der Waals surface area contributed by atoms with Crippen LogP contribution in [0.2, 0.25) is 5.28 Å². The van der Waals surface area contributed by atoms with Crippen LogP contribution in [0.15, 0.2) is 17.5 Å². The topological polar surface area (TPSA) is 57.1 Å². The van der Waals surface area contributed by atoms with Gasteiger partial charge in [-0.05, 0) is 36.9 Å². The summed E-state index contributed by atoms with van der Waals surface area (Å²) in [5.74, 6) is 0. The van der Waals surface area contributed by atoms with Crippen LogP contribution < -0.4 is 9.47 Å². The standard InChI is InChI=1S/C12H14ClN3O2S/c1-8(2)18-12-15-10(13)14-11(16-12)17-6-5-9-4-3-7-19-9/h3-4,7-8H,5-6H2,1-2H3. The van der Waals surface area contributed by atoms with Gasteiger partial charge < -0.3 is 9.47 Å². The Labute approximate surface area is 120 Å². The summed E-state index contributed by atoms with van der Waals surface area (Å²) >= 11 is 7.48. The highest BCUT2D eigenvalue weighted by atomic mass is 35.5. The first-order valence-corrected chi connectivity index (χ1v) is 7.12. The zero-order chi connectivity index (χ0) is 13.7. The molecule has 0 N–H and O–H groups in total. The number of halogens is 1. The minimum Gasteiger partial charge on any atom is -0.463 e. The predicted octanol–water partition coefficient (Wildman–Crippen LogP) is 3.00. The van der Waals surface area contributed by atoms with E-state index in [1.54, 1.807) is 11.3 Å². The summed E-state index contributed by atoms with van der Waals surface area (Å²) in [5.41, 5.74) is 0. The fourth-order valence-electron chi connectivity index (χ4n) is 1.34. The Morgan fingerprint density at radius 3 is 2.74 bits per heavy atom. The van der Waals surface area contributed by atoms with Crippen LogP contribution in [0.25, 0.3) is 0 Å². The van der Waals surface area contributed by atoms with Crippen LogP contribution in [0.3, 0.4) is 0 Å². The fourth-order valence-corrected chi connectivity index (χ4v) is 2.18. The molecule has 19 heavy (non-hydrogen) atoms. The van der Waals surface area contributed by atoms with Crippen LogP contribution >= 0.6 is 22.9 Å². The van der Waals surface area contributed by atoms with Crippen molar-refractivity contribution in [2.45, 2.75) is 26.4 Å². The van der Waals surface area contributed by atoms with Crippen molar-refractivity contribution in [2.24, 2.45) is 0 Å². The molecule has 2 rings (SSSR count). The van der Waals surface area contributed by atoms with Crippen molar-refractivity contribution in [1.29, 1.82) is 0 Å². The van der Waals surface area contributed by atoms with Crippen LogP contribution in [0, 0.1) is 0 Å². The maximum atomic E-state index is 5.79. The third-order valence-electron chi connectivity index (χ3n) is 2.07. The highest BCUT2D eigenvalue weighted by Gasteiger charge is 2.08. The van der Waals surface area contributed by atoms with Gasteiger partial charge in [-0.2, -0.15) is 9.97 Å². The highest BCUT2D eigenvalue weighted by molar-refractivity contribution is 7.09. The monoisotopic (exact) mass is 299 g/mol. The summed E-state index contributed by atoms with van der Waals surface area (Å²) in [5, 5.41) is 2.10. The maximum Gasteiger partial charge on any atom is 0.324 e. The first-order valence-electron chi connectivity index (χ1n) is 5.87. The Hall–Kier alpha value is -1.40. The van der Waals surface area contributed by atoms with Gasteiger partial charge in [-0.15, -0.1) is 16.3 Å². The largest absolute Gasteiger partial charge is 0.463 e. The van der Waals surface area contributed by atoms with Gasteiger partial charge in [0, 0.05) is 11.3 Å². The fraction of sp³-hybridized carbons (Fsp3) is 0.417. The number of nitrogens with zero attached hydrogens (tertiary/aromatic N) is 3. The molecule has 0 unspecified atom stereocenters. The van der Waals surface area contributed by atoms with E-state index in [1.807, 2.05) is 25.3 Å². The third kappa shape index (κ3) is 4.65. The second-order valence-electron chi connectivity index (χ2n) is 4.01. The molecule has 2 heterocycles. The van der Waals surface area contributed by atoms with E-state index in [1.165, 1.54) is 4.88 Å². The molecule has 0 aromatic carbocycles. The van der Waals surface area contributed by atoms with E-state index in [2.05, 4.69) is 21.0 Å². The molecule has 7 heteroatoms. The van der Waals surface area contributed by atoms with Crippen molar-refractivity contribution in [3.8, 4) is 12.0 Å². The van der Waals surface area contributed by atoms with Crippen molar-refractivity contribution in [3.63, 3.8) is 0 Å². The van der Waals surface area contributed by atoms with Crippen molar-refractivity contribution in [3.05, 3.63) is 27.7 Å². The lowest BCUT2D eigenvalue weighted by Crippen LogP contribution is -2.11. The Balaban J connectivity index is 1.93. The summed E-state index contributed by atoms with van der Waals surface area (Å²) in [4.78, 5) is 13.1. The molecule has 5 nitrogen and oxygen atoms in total. The van der Waals surface area contributed by atoms with Gasteiger partial charge in [0.1, 0.15) is 0 Å². The van der Waals surface area contributed by atoms with E-state index in [0.29, 0.717) is 6.61 Å². The molecular weight excluding hydrogens is 286 g/mol. The van der Waals surface area contributed by atoms with E-state index in [4.69, 9.17) is 21.1 Å². The van der Waals surface area contributed by atoms with Gasteiger partial charge in [-0.3, -0.25) is 0 Å². The molecule has 102 valence electrons. The van der Waals surface area contributed by atoms with Gasteiger partial charge in [0.05, 0.1) is 12.7 Å². The van der Waals surface area contributed by atoms with Crippen LogP contribution in [0.4, 0.5) is 0 Å². The molecule has 2 aromatic rings. The molecule has 0 saturated carbocycles. The number of hydrogen-bond donors (Lipinski definition) is 0. The van der Waals surface area contributed by atoms with Crippen molar-refractivity contribution < 1.29 is 9.47 Å². The molecule has 2 aromatic heterocycles. The van der Waals surface area contributed by atoms with E-state index in [9.17, 15) is 0 Å². The van der Waals surface area contributed by atoms with Crippen molar-refractivity contribution in [1.82, 2.24) is 15.0 Å². The number of rotatable bonds is 6. The van der Waals surface area contributed by atoms with Gasteiger partial charge in [-0.1, -0.05) is 6.07 Å². The summed E-state index contributed by atoms with van der Waals surface area (Å²) in [6.45, 7) is 4.26. The Morgan fingerprint density at radius 2 is 2.05 bits per heavy atom. The summed E-state index contributed by atoms with van der Waals surface area (Å²) in [6.07, 6.45) is 0.777. The Kier molecular flexibility index (Phi) is 4.93. The summed E-state index contributed by atoms with van der Waals surface area (Å²) in [7, 11) is 0. The SMILES string of the molecule is CC(C)Oc1nc(Cl)nc(OCCc2cccs2)n1. The second-order valence-corrected chi connectivity index (χ2v) is 5.38. The lowest BCUT2D eigenvalue weighted by Gasteiger charge is -2.09. The van der Waals surface area contributed by atoms with Gasteiger partial charge >= 0.3 is 12.0 Å². The first-order chi connectivity index (χ1) is 9.13. The number of thiophene rings is 1. The molecule has 0 fully saturated rings. The summed E-state index contributed by atoms with van der Waals surface area (Å²) < 4.78 is 10.8. The third-order valence-corrected chi connectivity index (χ3v) is 3.17. The molecule has 0 atom stereocenters. The zero-order valence-electron chi connectivity index (χ0n) is 10.7. The molecule has 0 spiro atoms. The van der Waals surface area contributed by atoms with Crippen LogP contribution in [0.1, 0.15) is 18.7 Å². The van der Waals surface area contributed by atoms with Crippen LogP contribution in [-0.2, 0) is 6.42 Å². The normalized spacial score (nSPS) is 10.7. The molecule has 0 radical (unpaired) electrons. The number of ether oxygens (including phenoxy) is 2. The van der Waals surface area contributed by atoms with E-state index in [0.717, 1.165) is 6.42 Å². The second kappa shape index (κ2) is 6.68. The molecule has 0 bridgehead atoms. The van der Waals surface area contributed by atoms with Gasteiger partial charge in [0.2, 0.25) is 5.28 Å². The van der Waals surface area contributed by atoms with E-state index in [-0.39, 0.29) is 23.4 Å². The average Bonchev–Trinajstić information content (AvgIpc) is 2.80. The molecule has 0 aliphatic carbocycles. The predicted molar refractivity (Wildman–Crippen MR) is 74.1 cm³/mol. The zero-order valence-corrected chi connectivity index (χ0v) is 12.2. The quantitative estimate of drug-likeness (QED) is 0.820. The van der Waals surface area contributed by atoms with E-state index < -0.39 is 0 Å². The van der Waals surface area contributed by atoms with E-state index >= 15 is 0 Å². The Morgan fingerprint density at radius 1 is 1.26 bits per heavy atom. The molecule has 0 aliphatic rings. The van der Waals surface area contributed by atoms with Gasteiger partial charge in [0.25, 0.3) is 0 Å². The summed E-state index contributed by atoms with van der Waals surface area (Å²) in [6, 6.07) is 4.43.